The Morgan fingerprint density at radius 1 is 0.408 bits per heavy atom. The first-order valence-corrected chi connectivity index (χ1v) is 31.0. The Bertz CT molecular complexity index is 1530. The normalized spacial score (nSPS) is 10.7. The average molecular weight is 1070 g/mol. The van der Waals surface area contributed by atoms with Crippen LogP contribution in [0.25, 0.3) is 0 Å². The van der Waals surface area contributed by atoms with Gasteiger partial charge < -0.3 is 4.74 Å². The minimum atomic E-state index is -2.47. The molecular weight excluding hydrogens is 938 g/mol. The van der Waals surface area contributed by atoms with Crippen molar-refractivity contribution in [2.45, 2.75) is 289 Å². The summed E-state index contributed by atoms with van der Waals surface area (Å²) in [6, 6.07) is 23.7. The molecule has 3 aromatic carbocycles. The highest BCUT2D eigenvalue weighted by Crippen LogP contribution is 2.21. The molecule has 0 atom stereocenters. The third-order valence-corrected chi connectivity index (χ3v) is 11.2. The van der Waals surface area contributed by atoms with E-state index < -0.39 is 5.92 Å². The molecule has 0 bridgehead atoms. The number of methoxy groups -OCH3 is 1. The molecule has 0 unspecified atom stereocenters. The molecule has 450 valence electrons. The molecule has 0 aliphatic heterocycles. The largest absolute Gasteiger partial charge is 0.497 e. The van der Waals surface area contributed by atoms with E-state index in [4.69, 9.17) is 4.74 Å². The Labute approximate surface area is 477 Å². The quantitative estimate of drug-likeness (QED) is 0.0974. The predicted octanol–water partition coefficient (Wildman–Crippen LogP) is 25.4. The number of ether oxygens (including phenoxy) is 1. The minimum absolute atomic E-state index is 0.0185. The van der Waals surface area contributed by atoms with Crippen LogP contribution in [0.5, 0.6) is 5.75 Å². The summed E-state index contributed by atoms with van der Waals surface area (Å²) in [6.45, 7) is 56.4. The fourth-order valence-corrected chi connectivity index (χ4v) is 7.54. The van der Waals surface area contributed by atoms with Crippen molar-refractivity contribution in [3.05, 3.63) is 101 Å². The van der Waals surface area contributed by atoms with E-state index in [-0.39, 0.29) is 12.2 Å². The Kier molecular flexibility index (Phi) is 63.4. The highest BCUT2D eigenvalue weighted by atomic mass is 19.3. The number of benzene rings is 3. The molecule has 0 aliphatic carbocycles. The van der Waals surface area contributed by atoms with Gasteiger partial charge in [-0.05, 0) is 146 Å². The molecule has 0 amide bonds. The van der Waals surface area contributed by atoms with Gasteiger partial charge in [-0.15, -0.1) is 0 Å². The van der Waals surface area contributed by atoms with Gasteiger partial charge >= 0.3 is 0 Å². The smallest absolute Gasteiger partial charge is 0.245 e. The molecule has 1 nitrogen and oxygen atoms in total. The van der Waals surface area contributed by atoms with Crippen LogP contribution in [0.15, 0.2) is 72.8 Å². The molecule has 0 radical (unpaired) electrons. The van der Waals surface area contributed by atoms with E-state index in [1.54, 1.807) is 7.11 Å². The van der Waals surface area contributed by atoms with Gasteiger partial charge in [0, 0.05) is 6.42 Å². The van der Waals surface area contributed by atoms with Crippen molar-refractivity contribution in [3.8, 4) is 5.75 Å². The van der Waals surface area contributed by atoms with E-state index >= 15 is 0 Å². The number of hydrogen-bond acceptors (Lipinski definition) is 1. The number of hydrogen-bond donors (Lipinski definition) is 0. The molecule has 0 saturated carbocycles. The Morgan fingerprint density at radius 2 is 0.763 bits per heavy atom. The molecule has 3 aromatic rings. The fourth-order valence-electron chi connectivity index (χ4n) is 7.54. The predicted molar refractivity (Wildman–Crippen MR) is 343 cm³/mol. The SMILES string of the molecule is CC(C)CC(C)C.CC(C)CCC(C)(F)F.CC(C)Cc1ccc(F)cc1.CCCC(C)C.CCCC(C)C.CCCCC(C)C.CCCCC(C)C.COc1cccc(CC(C)C)c1.Cc1cccc(CC(C)C)c1. The molecule has 0 saturated heterocycles. The van der Waals surface area contributed by atoms with Crippen molar-refractivity contribution >= 4 is 0 Å². The van der Waals surface area contributed by atoms with E-state index in [0.717, 1.165) is 66.9 Å². The second-order valence-electron chi connectivity index (χ2n) is 25.7. The van der Waals surface area contributed by atoms with E-state index in [0.29, 0.717) is 24.2 Å². The molecule has 0 heterocycles. The summed E-state index contributed by atoms with van der Waals surface area (Å²) in [6.07, 6.45) is 19.0. The molecule has 0 aromatic heterocycles. The van der Waals surface area contributed by atoms with Crippen LogP contribution < -0.4 is 4.74 Å². The first kappa shape index (κ1) is 84.5. The van der Waals surface area contributed by atoms with Crippen LogP contribution in [-0.4, -0.2) is 13.0 Å². The van der Waals surface area contributed by atoms with Gasteiger partial charge in [0.15, 0.2) is 0 Å². The van der Waals surface area contributed by atoms with E-state index in [1.807, 2.05) is 38.1 Å². The summed E-state index contributed by atoms with van der Waals surface area (Å²) in [5.74, 6) is 6.17. The van der Waals surface area contributed by atoms with Gasteiger partial charge in [0.25, 0.3) is 0 Å². The number of alkyl halides is 2. The van der Waals surface area contributed by atoms with Gasteiger partial charge in [-0.2, -0.15) is 0 Å². The maximum absolute atomic E-state index is 12.4. The highest BCUT2D eigenvalue weighted by molar-refractivity contribution is 5.28. The maximum atomic E-state index is 12.4. The monoisotopic (exact) mass is 1070 g/mol. The van der Waals surface area contributed by atoms with Gasteiger partial charge in [-0.3, -0.25) is 0 Å². The highest BCUT2D eigenvalue weighted by Gasteiger charge is 2.20. The Morgan fingerprint density at radius 3 is 1.00 bits per heavy atom. The number of halogens is 3. The molecular formula is C72H135F3O. The van der Waals surface area contributed by atoms with Crippen molar-refractivity contribution in [1.29, 1.82) is 0 Å². The fraction of sp³-hybridized carbons (Fsp3) is 0.750. The van der Waals surface area contributed by atoms with Gasteiger partial charge in [0.2, 0.25) is 5.92 Å². The summed E-state index contributed by atoms with van der Waals surface area (Å²) in [4.78, 5) is 0. The van der Waals surface area contributed by atoms with E-state index in [1.165, 1.54) is 111 Å². The zero-order valence-electron chi connectivity index (χ0n) is 56.1. The van der Waals surface area contributed by atoms with Crippen LogP contribution in [0.1, 0.15) is 279 Å². The maximum Gasteiger partial charge on any atom is 0.245 e. The van der Waals surface area contributed by atoms with Crippen LogP contribution in [0.2, 0.25) is 0 Å². The topological polar surface area (TPSA) is 9.23 Å². The van der Waals surface area contributed by atoms with Crippen LogP contribution in [0, 0.1) is 71.9 Å². The van der Waals surface area contributed by atoms with Crippen molar-refractivity contribution in [2.24, 2.45) is 59.2 Å². The van der Waals surface area contributed by atoms with Gasteiger partial charge in [-0.1, -0.05) is 284 Å². The molecule has 76 heavy (non-hydrogen) atoms. The lowest BCUT2D eigenvalue weighted by Crippen LogP contribution is -2.10. The van der Waals surface area contributed by atoms with Crippen LogP contribution in [-0.2, 0) is 19.3 Å². The summed E-state index contributed by atoms with van der Waals surface area (Å²) in [5.41, 5.74) is 5.38. The molecule has 0 N–H and O–H groups in total. The first-order valence-electron chi connectivity index (χ1n) is 31.0. The Balaban J connectivity index is -0.000000184. The molecule has 0 aliphatic rings. The third kappa shape index (κ3) is 82.6. The first-order chi connectivity index (χ1) is 35.2. The van der Waals surface area contributed by atoms with Crippen molar-refractivity contribution < 1.29 is 17.9 Å². The second-order valence-corrected chi connectivity index (χ2v) is 25.7. The Hall–Kier alpha value is -2.75. The van der Waals surface area contributed by atoms with Gasteiger partial charge in [-0.25, -0.2) is 13.2 Å². The second kappa shape index (κ2) is 57.0. The average Bonchev–Trinajstić information content (AvgIpc) is 3.28. The lowest BCUT2D eigenvalue weighted by Gasteiger charge is -2.10. The van der Waals surface area contributed by atoms with E-state index in [9.17, 15) is 13.2 Å². The van der Waals surface area contributed by atoms with E-state index in [2.05, 4.69) is 196 Å². The summed E-state index contributed by atoms with van der Waals surface area (Å²) in [7, 11) is 1.70. The molecule has 0 fully saturated rings. The summed E-state index contributed by atoms with van der Waals surface area (Å²) in [5, 5.41) is 0. The third-order valence-electron chi connectivity index (χ3n) is 11.2. The van der Waals surface area contributed by atoms with Crippen molar-refractivity contribution in [1.82, 2.24) is 0 Å². The van der Waals surface area contributed by atoms with Crippen molar-refractivity contribution in [3.63, 3.8) is 0 Å². The number of rotatable bonds is 22. The van der Waals surface area contributed by atoms with Gasteiger partial charge in [0.05, 0.1) is 7.11 Å². The summed E-state index contributed by atoms with van der Waals surface area (Å²) >= 11 is 0. The lowest BCUT2D eigenvalue weighted by atomic mass is 10.0. The lowest BCUT2D eigenvalue weighted by molar-refractivity contribution is 0.00781. The van der Waals surface area contributed by atoms with Crippen LogP contribution in [0.4, 0.5) is 13.2 Å². The summed E-state index contributed by atoms with van der Waals surface area (Å²) < 4.78 is 41.7. The number of unbranched alkanes of at least 4 members (excludes halogenated alkanes) is 2. The molecule has 4 heteroatoms. The minimum Gasteiger partial charge on any atom is -0.497 e. The molecule has 0 spiro atoms. The zero-order chi connectivity index (χ0) is 60.2. The van der Waals surface area contributed by atoms with Gasteiger partial charge in [0.1, 0.15) is 11.6 Å². The molecule has 3 rings (SSSR count). The van der Waals surface area contributed by atoms with Crippen LogP contribution in [0.3, 0.4) is 0 Å². The number of aryl methyl sites for hydroxylation is 1. The zero-order valence-corrected chi connectivity index (χ0v) is 56.1. The van der Waals surface area contributed by atoms with Crippen LogP contribution >= 0.6 is 0 Å². The standard InChI is InChI=1S/C11H16O.C11H16.C10H13F.C7H14F2.3C7H16.2C6H14/c1-9(2)7-10-5-4-6-11(8-10)12-3;1-9(2)7-11-6-4-5-10(3)8-11;1-8(2)7-9-3-5-10(11)6-4-9;1-6(2)4-5-7(3,8)9;1-6(2)5-7(3)4;2*1-4-5-6-7(2)3;2*1-4-5-6(2)3/h4-6,8-9H,7H2,1-3H3;4-6,8-9H,7H2,1-3H3;3-6,8H,7H2,1-2H3;6H,4-5H2,1-3H3;6-7H,5H2,1-4H3;2*7H,4-6H2,1-3H3;2*6H,4-5H2,1-3H3. The van der Waals surface area contributed by atoms with Crippen molar-refractivity contribution in [2.75, 3.05) is 7.11 Å².